The Bertz CT molecular complexity index is 474. The van der Waals surface area contributed by atoms with E-state index in [4.69, 9.17) is 11.6 Å². The monoisotopic (exact) mass is 319 g/mol. The molecule has 0 bridgehead atoms. The molecule has 1 unspecified atom stereocenters. The normalized spacial score (nSPS) is 13.0. The van der Waals surface area contributed by atoms with Gasteiger partial charge in [-0.25, -0.2) is 0 Å². The smallest absolute Gasteiger partial charge is 0.0865 e. The van der Waals surface area contributed by atoms with Crippen LogP contribution >= 0.6 is 38.9 Å². The maximum absolute atomic E-state index is 6.16. The predicted octanol–water partition coefficient (Wildman–Crippen LogP) is 3.21. The van der Waals surface area contributed by atoms with Crippen molar-refractivity contribution in [2.45, 2.75) is 6.04 Å². The van der Waals surface area contributed by atoms with Gasteiger partial charge in [-0.05, 0) is 34.4 Å². The van der Waals surface area contributed by atoms with Gasteiger partial charge in [0.05, 0.1) is 27.4 Å². The van der Waals surface area contributed by atoms with Crippen molar-refractivity contribution in [3.63, 3.8) is 0 Å². The van der Waals surface area contributed by atoms with E-state index in [1.165, 1.54) is 0 Å². The summed E-state index contributed by atoms with van der Waals surface area (Å²) in [6.07, 6.45) is 1.79. The summed E-state index contributed by atoms with van der Waals surface area (Å²) in [6, 6.07) is 1.98. The zero-order chi connectivity index (χ0) is 11.7. The van der Waals surface area contributed by atoms with Crippen molar-refractivity contribution in [1.82, 2.24) is 15.1 Å². The standard InChI is InChI=1S/C10H11BrClN3S/c1-13-8(10-7(12)3-4-16-10)9-6(11)5-14-15(9)2/h3-5,8,13H,1-2H3. The molecule has 3 nitrogen and oxygen atoms in total. The molecule has 1 N–H and O–H groups in total. The lowest BCUT2D eigenvalue weighted by molar-refractivity contribution is 0.611. The molecule has 16 heavy (non-hydrogen) atoms. The molecule has 0 aliphatic heterocycles. The first kappa shape index (κ1) is 12.1. The first-order valence-electron chi connectivity index (χ1n) is 4.72. The SMILES string of the molecule is CNC(c1sccc1Cl)c1c(Br)cnn1C. The fraction of sp³-hybridized carbons (Fsp3) is 0.300. The largest absolute Gasteiger partial charge is 0.307 e. The minimum absolute atomic E-state index is 0.0642. The van der Waals surface area contributed by atoms with Gasteiger partial charge in [0.2, 0.25) is 0 Å². The van der Waals surface area contributed by atoms with Gasteiger partial charge in [-0.2, -0.15) is 5.10 Å². The Morgan fingerprint density at radius 3 is 2.81 bits per heavy atom. The maximum atomic E-state index is 6.16. The van der Waals surface area contributed by atoms with Crippen LogP contribution in [0.5, 0.6) is 0 Å². The van der Waals surface area contributed by atoms with Crippen molar-refractivity contribution < 1.29 is 0 Å². The fourth-order valence-electron chi connectivity index (χ4n) is 1.65. The zero-order valence-corrected chi connectivity index (χ0v) is 12.0. The van der Waals surface area contributed by atoms with Crippen LogP contribution in [0.2, 0.25) is 5.02 Å². The zero-order valence-electron chi connectivity index (χ0n) is 8.87. The lowest BCUT2D eigenvalue weighted by Gasteiger charge is -2.16. The third-order valence-electron chi connectivity index (χ3n) is 2.41. The van der Waals surface area contributed by atoms with Crippen molar-refractivity contribution >= 4 is 38.9 Å². The van der Waals surface area contributed by atoms with Crippen LogP contribution in [0.1, 0.15) is 16.6 Å². The van der Waals surface area contributed by atoms with E-state index in [2.05, 4.69) is 26.3 Å². The second kappa shape index (κ2) is 4.87. The van der Waals surface area contributed by atoms with Gasteiger partial charge in [0, 0.05) is 11.9 Å². The van der Waals surface area contributed by atoms with Gasteiger partial charge >= 0.3 is 0 Å². The highest BCUT2D eigenvalue weighted by Crippen LogP contribution is 2.35. The third-order valence-corrected chi connectivity index (χ3v) is 4.44. The summed E-state index contributed by atoms with van der Waals surface area (Å²) >= 11 is 11.3. The van der Waals surface area contributed by atoms with Gasteiger partial charge in [-0.1, -0.05) is 11.6 Å². The Morgan fingerprint density at radius 2 is 2.38 bits per heavy atom. The topological polar surface area (TPSA) is 29.9 Å². The molecule has 6 heteroatoms. The minimum Gasteiger partial charge on any atom is -0.307 e. The fourth-order valence-corrected chi connectivity index (χ4v) is 3.50. The average Bonchev–Trinajstić information content (AvgIpc) is 2.80. The van der Waals surface area contributed by atoms with Gasteiger partial charge in [0.15, 0.2) is 0 Å². The highest BCUT2D eigenvalue weighted by atomic mass is 79.9. The first-order valence-corrected chi connectivity index (χ1v) is 6.77. The summed E-state index contributed by atoms with van der Waals surface area (Å²) in [5.41, 5.74) is 1.08. The summed E-state index contributed by atoms with van der Waals surface area (Å²) in [5, 5.41) is 10.3. The first-order chi connectivity index (χ1) is 7.65. The van der Waals surface area contributed by atoms with Crippen molar-refractivity contribution in [3.05, 3.63) is 37.7 Å². The number of aromatic nitrogens is 2. The quantitative estimate of drug-likeness (QED) is 0.941. The summed E-state index contributed by atoms with van der Waals surface area (Å²) in [4.78, 5) is 1.11. The van der Waals surface area contributed by atoms with E-state index in [0.717, 1.165) is 20.1 Å². The Balaban J connectivity index is 2.49. The molecule has 86 valence electrons. The number of halogens is 2. The van der Waals surface area contributed by atoms with Gasteiger partial charge in [0.25, 0.3) is 0 Å². The number of nitrogens with one attached hydrogen (secondary N) is 1. The lowest BCUT2D eigenvalue weighted by atomic mass is 10.1. The van der Waals surface area contributed by atoms with Crippen LogP contribution in [0.4, 0.5) is 0 Å². The van der Waals surface area contributed by atoms with Crippen molar-refractivity contribution in [2.24, 2.45) is 7.05 Å². The summed E-state index contributed by atoms with van der Waals surface area (Å²) < 4.78 is 2.83. The molecular formula is C10H11BrClN3S. The molecule has 0 fully saturated rings. The molecule has 0 aliphatic carbocycles. The number of hydrogen-bond donors (Lipinski definition) is 1. The van der Waals surface area contributed by atoms with E-state index < -0.39 is 0 Å². The summed E-state index contributed by atoms with van der Waals surface area (Å²) in [7, 11) is 3.84. The van der Waals surface area contributed by atoms with Crippen LogP contribution in [0.15, 0.2) is 22.1 Å². The van der Waals surface area contributed by atoms with Crippen LogP contribution in [0.25, 0.3) is 0 Å². The number of rotatable bonds is 3. The number of hydrogen-bond acceptors (Lipinski definition) is 3. The summed E-state index contributed by atoms with van der Waals surface area (Å²) in [6.45, 7) is 0. The Labute approximate surface area is 112 Å². The molecule has 0 amide bonds. The van der Waals surface area contributed by atoms with E-state index >= 15 is 0 Å². The molecule has 2 aromatic rings. The van der Waals surface area contributed by atoms with E-state index in [1.54, 1.807) is 17.5 Å². The molecule has 0 radical (unpaired) electrons. The number of thiophene rings is 1. The second-order valence-corrected chi connectivity index (χ2v) is 5.57. The van der Waals surface area contributed by atoms with E-state index in [9.17, 15) is 0 Å². The lowest BCUT2D eigenvalue weighted by Crippen LogP contribution is -2.20. The van der Waals surface area contributed by atoms with Crippen molar-refractivity contribution in [1.29, 1.82) is 0 Å². The van der Waals surface area contributed by atoms with Crippen molar-refractivity contribution in [3.8, 4) is 0 Å². The van der Waals surface area contributed by atoms with Crippen LogP contribution in [0, 0.1) is 0 Å². The van der Waals surface area contributed by atoms with Gasteiger partial charge in [-0.3, -0.25) is 4.68 Å². The third kappa shape index (κ3) is 2.05. The maximum Gasteiger partial charge on any atom is 0.0865 e. The van der Waals surface area contributed by atoms with E-state index in [0.29, 0.717) is 0 Å². The Hall–Kier alpha value is -0.360. The Morgan fingerprint density at radius 1 is 1.62 bits per heavy atom. The van der Waals surface area contributed by atoms with Crippen LogP contribution < -0.4 is 5.32 Å². The van der Waals surface area contributed by atoms with Gasteiger partial charge in [0.1, 0.15) is 0 Å². The molecule has 2 rings (SSSR count). The van der Waals surface area contributed by atoms with E-state index in [1.807, 2.05) is 30.2 Å². The molecule has 0 aliphatic rings. The molecule has 0 aromatic carbocycles. The van der Waals surface area contributed by atoms with Crippen molar-refractivity contribution in [2.75, 3.05) is 7.05 Å². The predicted molar refractivity (Wildman–Crippen MR) is 71.1 cm³/mol. The summed E-state index contributed by atoms with van der Waals surface area (Å²) in [5.74, 6) is 0. The van der Waals surface area contributed by atoms with E-state index in [-0.39, 0.29) is 6.04 Å². The average molecular weight is 321 g/mol. The highest BCUT2D eigenvalue weighted by Gasteiger charge is 2.22. The molecule has 2 heterocycles. The molecule has 0 spiro atoms. The molecular weight excluding hydrogens is 310 g/mol. The van der Waals surface area contributed by atoms with Crippen LogP contribution in [-0.4, -0.2) is 16.8 Å². The van der Waals surface area contributed by atoms with Gasteiger partial charge in [-0.15, -0.1) is 11.3 Å². The minimum atomic E-state index is 0.0642. The Kier molecular flexibility index (Phi) is 3.69. The molecule has 1 atom stereocenters. The number of nitrogens with zero attached hydrogens (tertiary/aromatic N) is 2. The van der Waals surface area contributed by atoms with Crippen LogP contribution in [-0.2, 0) is 7.05 Å². The highest BCUT2D eigenvalue weighted by molar-refractivity contribution is 9.10. The molecule has 0 saturated carbocycles. The second-order valence-electron chi connectivity index (χ2n) is 3.36. The molecule has 0 saturated heterocycles. The van der Waals surface area contributed by atoms with Gasteiger partial charge < -0.3 is 5.32 Å². The molecule has 2 aromatic heterocycles. The van der Waals surface area contributed by atoms with Crippen LogP contribution in [0.3, 0.4) is 0 Å². The number of aryl methyl sites for hydroxylation is 1.